The monoisotopic (exact) mass is 338 g/mol. The first-order valence-electron chi connectivity index (χ1n) is 6.96. The molecule has 0 aliphatic heterocycles. The number of nitro benzene ring substituents is 1. The molecule has 0 saturated carbocycles. The maximum Gasteiger partial charge on any atom is 0.276 e. The number of amides is 1. The fourth-order valence-corrected chi connectivity index (χ4v) is 1.91. The zero-order chi connectivity index (χ0) is 18.2. The van der Waals surface area contributed by atoms with Gasteiger partial charge in [-0.1, -0.05) is 12.1 Å². The summed E-state index contributed by atoms with van der Waals surface area (Å²) in [6, 6.07) is 11.3. The molecule has 1 amide bonds. The lowest BCUT2D eigenvalue weighted by atomic mass is 10.1. The molecule has 2 aromatic rings. The highest BCUT2D eigenvalue weighted by atomic mass is 19.1. The van der Waals surface area contributed by atoms with E-state index in [0.29, 0.717) is 5.56 Å². The summed E-state index contributed by atoms with van der Waals surface area (Å²) in [5.74, 6) is -1.61. The van der Waals surface area contributed by atoms with Crippen molar-refractivity contribution in [3.63, 3.8) is 0 Å². The van der Waals surface area contributed by atoms with Gasteiger partial charge in [0.05, 0.1) is 27.7 Å². The van der Waals surface area contributed by atoms with Gasteiger partial charge in [0.15, 0.2) is 0 Å². The van der Waals surface area contributed by atoms with E-state index in [2.05, 4.69) is 10.5 Å². The maximum atomic E-state index is 13.7. The predicted octanol–water partition coefficient (Wildman–Crippen LogP) is 3.03. The summed E-state index contributed by atoms with van der Waals surface area (Å²) in [6.45, 7) is 0. The average Bonchev–Trinajstić information content (AvgIpc) is 2.61. The third kappa shape index (κ3) is 4.56. The summed E-state index contributed by atoms with van der Waals surface area (Å²) in [6.07, 6.45) is 4.06. The third-order valence-electron chi connectivity index (χ3n) is 3.08. The minimum Gasteiger partial charge on any atom is -0.267 e. The normalized spacial score (nSPS) is 10.7. The van der Waals surface area contributed by atoms with Gasteiger partial charge >= 0.3 is 0 Å². The van der Waals surface area contributed by atoms with Crippen molar-refractivity contribution in [1.29, 1.82) is 5.26 Å². The van der Waals surface area contributed by atoms with Gasteiger partial charge in [0.2, 0.25) is 0 Å². The van der Waals surface area contributed by atoms with Crippen LogP contribution >= 0.6 is 0 Å². The number of hydrogen-bond donors (Lipinski definition) is 1. The predicted molar refractivity (Wildman–Crippen MR) is 89.2 cm³/mol. The van der Waals surface area contributed by atoms with Crippen molar-refractivity contribution in [2.75, 3.05) is 0 Å². The molecule has 0 aliphatic carbocycles. The van der Waals surface area contributed by atoms with Crippen LogP contribution in [0.3, 0.4) is 0 Å². The number of halogens is 1. The molecule has 7 nitrogen and oxygen atoms in total. The highest BCUT2D eigenvalue weighted by molar-refractivity contribution is 5.95. The van der Waals surface area contributed by atoms with Gasteiger partial charge in [0.1, 0.15) is 5.82 Å². The molecule has 8 heteroatoms. The second kappa shape index (κ2) is 8.12. The second-order valence-electron chi connectivity index (χ2n) is 4.70. The van der Waals surface area contributed by atoms with Gasteiger partial charge in [0, 0.05) is 12.3 Å². The highest BCUT2D eigenvalue weighted by Gasteiger charge is 2.11. The number of hydrazone groups is 1. The van der Waals surface area contributed by atoms with Crippen molar-refractivity contribution in [1.82, 2.24) is 5.43 Å². The molecule has 0 heterocycles. The lowest BCUT2D eigenvalue weighted by Crippen LogP contribution is -2.18. The highest BCUT2D eigenvalue weighted by Crippen LogP contribution is 2.18. The van der Waals surface area contributed by atoms with E-state index in [0.717, 1.165) is 6.07 Å². The molecule has 2 rings (SSSR count). The van der Waals surface area contributed by atoms with Crippen LogP contribution in [0.5, 0.6) is 0 Å². The number of allylic oxidation sites excluding steroid dienone is 1. The van der Waals surface area contributed by atoms with E-state index in [1.165, 1.54) is 36.6 Å². The second-order valence-corrected chi connectivity index (χ2v) is 4.70. The summed E-state index contributed by atoms with van der Waals surface area (Å²) in [5.41, 5.74) is 2.29. The van der Waals surface area contributed by atoms with Crippen LogP contribution in [0.4, 0.5) is 10.1 Å². The first kappa shape index (κ1) is 17.5. The Morgan fingerprint density at radius 1 is 1.32 bits per heavy atom. The van der Waals surface area contributed by atoms with Crippen LogP contribution in [0, 0.1) is 27.3 Å². The van der Waals surface area contributed by atoms with Crippen molar-refractivity contribution in [2.24, 2.45) is 5.10 Å². The van der Waals surface area contributed by atoms with E-state index in [4.69, 9.17) is 5.26 Å². The van der Waals surface area contributed by atoms with E-state index >= 15 is 0 Å². The summed E-state index contributed by atoms with van der Waals surface area (Å²) in [7, 11) is 0. The van der Waals surface area contributed by atoms with Gasteiger partial charge in [0.25, 0.3) is 11.6 Å². The first-order valence-corrected chi connectivity index (χ1v) is 6.96. The molecular weight excluding hydrogens is 327 g/mol. The van der Waals surface area contributed by atoms with Crippen molar-refractivity contribution in [2.45, 2.75) is 0 Å². The van der Waals surface area contributed by atoms with Crippen LogP contribution in [0.1, 0.15) is 21.5 Å². The van der Waals surface area contributed by atoms with Crippen molar-refractivity contribution >= 4 is 23.9 Å². The summed E-state index contributed by atoms with van der Waals surface area (Å²) in [4.78, 5) is 22.1. The number of benzene rings is 2. The number of rotatable bonds is 5. The minimum atomic E-state index is -0.831. The molecule has 25 heavy (non-hydrogen) atoms. The molecule has 0 aliphatic rings. The number of nitrogens with zero attached hydrogens (tertiary/aromatic N) is 3. The number of para-hydroxylation sites is 1. The molecule has 0 fully saturated rings. The van der Waals surface area contributed by atoms with E-state index in [9.17, 15) is 19.3 Å². The van der Waals surface area contributed by atoms with Crippen LogP contribution in [0.2, 0.25) is 0 Å². The summed E-state index contributed by atoms with van der Waals surface area (Å²) < 4.78 is 13.7. The molecule has 1 N–H and O–H groups in total. The van der Waals surface area contributed by atoms with Crippen molar-refractivity contribution < 1.29 is 14.1 Å². The van der Waals surface area contributed by atoms with Crippen LogP contribution in [0.15, 0.2) is 53.6 Å². The smallest absolute Gasteiger partial charge is 0.267 e. The summed E-state index contributed by atoms with van der Waals surface area (Å²) >= 11 is 0. The maximum absolute atomic E-state index is 13.7. The molecule has 0 bridgehead atoms. The lowest BCUT2D eigenvalue weighted by molar-refractivity contribution is -0.385. The third-order valence-corrected chi connectivity index (χ3v) is 3.08. The largest absolute Gasteiger partial charge is 0.276 e. The quantitative estimate of drug-likeness (QED) is 0.513. The lowest BCUT2D eigenvalue weighted by Gasteiger charge is -2.01. The number of nitro groups is 1. The molecule has 124 valence electrons. The van der Waals surface area contributed by atoms with E-state index in [1.54, 1.807) is 24.3 Å². The Morgan fingerprint density at radius 2 is 2.08 bits per heavy atom. The van der Waals surface area contributed by atoms with Crippen molar-refractivity contribution in [3.05, 3.63) is 81.2 Å². The number of carbonyl (C=O) groups is 1. The molecule has 0 radical (unpaired) electrons. The number of carbonyl (C=O) groups excluding carboxylic acids is 1. The average molecular weight is 338 g/mol. The standard InChI is InChI=1S/C17H11FN4O3/c18-15-10-12(11-19)7-8-14(15)17(23)21-20-9-3-5-13-4-1-2-6-16(13)22(24)25/h1-10H,(H,21,23). The van der Waals surface area contributed by atoms with E-state index < -0.39 is 16.6 Å². The Kier molecular flexibility index (Phi) is 5.68. The minimum absolute atomic E-state index is 0.0594. The van der Waals surface area contributed by atoms with Crippen LogP contribution in [-0.2, 0) is 0 Å². The SMILES string of the molecule is N#Cc1ccc(C(=O)NN=CC=Cc2ccccc2[N+](=O)[O-])c(F)c1. The molecule has 0 spiro atoms. The van der Waals surface area contributed by atoms with Gasteiger partial charge in [-0.15, -0.1) is 0 Å². The molecule has 0 saturated heterocycles. The molecule has 0 unspecified atom stereocenters. The Hall–Kier alpha value is -3.86. The molecule has 2 aromatic carbocycles. The molecule has 0 aromatic heterocycles. The van der Waals surface area contributed by atoms with Gasteiger partial charge in [-0.3, -0.25) is 14.9 Å². The van der Waals surface area contributed by atoms with Crippen LogP contribution < -0.4 is 5.43 Å². The van der Waals surface area contributed by atoms with Crippen LogP contribution in [0.25, 0.3) is 6.08 Å². The van der Waals surface area contributed by atoms with Gasteiger partial charge < -0.3 is 0 Å². The van der Waals surface area contributed by atoms with E-state index in [1.807, 2.05) is 0 Å². The van der Waals surface area contributed by atoms with E-state index in [-0.39, 0.29) is 16.8 Å². The van der Waals surface area contributed by atoms with Crippen molar-refractivity contribution in [3.8, 4) is 6.07 Å². The molecular formula is C17H11FN4O3. The Bertz CT molecular complexity index is 916. The number of nitrogens with one attached hydrogen (secondary N) is 1. The Morgan fingerprint density at radius 3 is 2.76 bits per heavy atom. The first-order chi connectivity index (χ1) is 12.0. The van der Waals surface area contributed by atoms with Gasteiger partial charge in [-0.25, -0.2) is 9.82 Å². The Labute approximate surface area is 141 Å². The van der Waals surface area contributed by atoms with Gasteiger partial charge in [-0.2, -0.15) is 10.4 Å². The Balaban J connectivity index is 2.01. The number of nitriles is 1. The van der Waals surface area contributed by atoms with Gasteiger partial charge in [-0.05, 0) is 36.4 Å². The fourth-order valence-electron chi connectivity index (χ4n) is 1.91. The zero-order valence-corrected chi connectivity index (χ0v) is 12.7. The molecule has 0 atom stereocenters. The zero-order valence-electron chi connectivity index (χ0n) is 12.7. The van der Waals surface area contributed by atoms with Crippen LogP contribution in [-0.4, -0.2) is 17.0 Å². The summed E-state index contributed by atoms with van der Waals surface area (Å²) in [5, 5.41) is 23.1. The fraction of sp³-hybridized carbons (Fsp3) is 0. The number of hydrogen-bond acceptors (Lipinski definition) is 5. The topological polar surface area (TPSA) is 108 Å².